The maximum atomic E-state index is 12.0. The number of para-hydroxylation sites is 1. The molecule has 2 amide bonds. The Bertz CT molecular complexity index is 910. The molecular formula is C17H16N4O3S. The highest BCUT2D eigenvalue weighted by Crippen LogP contribution is 2.16. The van der Waals surface area contributed by atoms with Crippen LogP contribution < -0.4 is 10.6 Å². The summed E-state index contributed by atoms with van der Waals surface area (Å²) in [5.41, 5.74) is 1.50. The van der Waals surface area contributed by atoms with Gasteiger partial charge in [-0.3, -0.25) is 14.6 Å². The molecule has 2 heterocycles. The second kappa shape index (κ2) is 7.80. The van der Waals surface area contributed by atoms with Crippen molar-refractivity contribution in [3.8, 4) is 0 Å². The van der Waals surface area contributed by atoms with Crippen molar-refractivity contribution in [2.24, 2.45) is 0 Å². The lowest BCUT2D eigenvalue weighted by Crippen LogP contribution is -2.18. The number of fused-ring (bicyclic) bond motifs is 1. The number of rotatable bonds is 6. The van der Waals surface area contributed by atoms with Gasteiger partial charge in [0.05, 0.1) is 28.9 Å². The van der Waals surface area contributed by atoms with Crippen molar-refractivity contribution in [1.82, 2.24) is 10.1 Å². The number of carbonyl (C=O) groups excluding carboxylic acids is 2. The van der Waals surface area contributed by atoms with Crippen LogP contribution >= 0.6 is 11.8 Å². The summed E-state index contributed by atoms with van der Waals surface area (Å²) in [6.07, 6.45) is 1.62. The molecular weight excluding hydrogens is 340 g/mol. The van der Waals surface area contributed by atoms with E-state index in [1.54, 1.807) is 19.2 Å². The summed E-state index contributed by atoms with van der Waals surface area (Å²) in [5, 5.41) is 10.0. The van der Waals surface area contributed by atoms with Crippen LogP contribution in [0.25, 0.3) is 10.9 Å². The zero-order valence-electron chi connectivity index (χ0n) is 13.5. The summed E-state index contributed by atoms with van der Waals surface area (Å²) in [6, 6.07) is 11.2. The van der Waals surface area contributed by atoms with Gasteiger partial charge in [-0.25, -0.2) is 0 Å². The van der Waals surface area contributed by atoms with Crippen LogP contribution in [0.3, 0.4) is 0 Å². The molecule has 0 saturated carbocycles. The van der Waals surface area contributed by atoms with E-state index in [-0.39, 0.29) is 23.3 Å². The third-order valence-electron chi connectivity index (χ3n) is 3.24. The zero-order chi connectivity index (χ0) is 17.6. The summed E-state index contributed by atoms with van der Waals surface area (Å²) in [4.78, 5) is 28.0. The van der Waals surface area contributed by atoms with Crippen LogP contribution in [-0.4, -0.2) is 33.5 Å². The average molecular weight is 356 g/mol. The van der Waals surface area contributed by atoms with Gasteiger partial charge in [0, 0.05) is 11.5 Å². The summed E-state index contributed by atoms with van der Waals surface area (Å²) in [5.74, 6) is 0.875. The number of benzene rings is 1. The van der Waals surface area contributed by atoms with Crippen molar-refractivity contribution in [2.75, 3.05) is 22.1 Å². The third kappa shape index (κ3) is 4.80. The molecule has 3 rings (SSSR count). The fourth-order valence-corrected chi connectivity index (χ4v) is 2.79. The number of aryl methyl sites for hydroxylation is 1. The molecule has 3 aromatic rings. The van der Waals surface area contributed by atoms with Gasteiger partial charge in [0.15, 0.2) is 5.82 Å². The molecule has 2 N–H and O–H groups in total. The predicted molar refractivity (Wildman–Crippen MR) is 97.6 cm³/mol. The second-order valence-corrected chi connectivity index (χ2v) is 6.31. The van der Waals surface area contributed by atoms with E-state index < -0.39 is 0 Å². The average Bonchev–Trinajstić information content (AvgIpc) is 2.99. The number of hydrogen-bond acceptors (Lipinski definition) is 6. The summed E-state index contributed by atoms with van der Waals surface area (Å²) in [7, 11) is 0. The van der Waals surface area contributed by atoms with Crippen LogP contribution in [0.15, 0.2) is 47.1 Å². The second-order valence-electron chi connectivity index (χ2n) is 5.33. The first kappa shape index (κ1) is 17.0. The fourth-order valence-electron chi connectivity index (χ4n) is 2.18. The highest BCUT2D eigenvalue weighted by Gasteiger charge is 2.09. The Morgan fingerprint density at radius 1 is 1.12 bits per heavy atom. The lowest BCUT2D eigenvalue weighted by Gasteiger charge is -2.06. The van der Waals surface area contributed by atoms with Gasteiger partial charge >= 0.3 is 0 Å². The Hall–Kier alpha value is -2.87. The number of nitrogens with zero attached hydrogens (tertiary/aromatic N) is 2. The highest BCUT2D eigenvalue weighted by atomic mass is 32.2. The molecule has 0 aliphatic rings. The number of anilines is 2. The molecule has 0 unspecified atom stereocenters. The van der Waals surface area contributed by atoms with Crippen molar-refractivity contribution in [3.05, 3.63) is 48.4 Å². The van der Waals surface area contributed by atoms with E-state index in [1.807, 2.05) is 30.3 Å². The molecule has 0 aliphatic heterocycles. The molecule has 0 spiro atoms. The third-order valence-corrected chi connectivity index (χ3v) is 4.17. The van der Waals surface area contributed by atoms with E-state index in [0.717, 1.165) is 10.9 Å². The molecule has 0 bridgehead atoms. The van der Waals surface area contributed by atoms with Crippen molar-refractivity contribution in [2.45, 2.75) is 6.92 Å². The van der Waals surface area contributed by atoms with Crippen molar-refractivity contribution < 1.29 is 14.1 Å². The molecule has 0 fully saturated rings. The Balaban J connectivity index is 1.45. The molecule has 0 aliphatic carbocycles. The Morgan fingerprint density at radius 2 is 1.88 bits per heavy atom. The molecule has 1 aromatic carbocycles. The molecule has 0 radical (unpaired) electrons. The molecule has 25 heavy (non-hydrogen) atoms. The standard InChI is InChI=1S/C17H16N4O3S/c1-11-6-15(21-24-11)20-17(23)10-25-9-16(22)19-13-7-12-4-2-3-5-14(12)18-8-13/h2-8H,9-10H2,1H3,(H,19,22)(H,20,21,23). The Labute approximate surface area is 148 Å². The van der Waals surface area contributed by atoms with Crippen LogP contribution in [0.5, 0.6) is 0 Å². The van der Waals surface area contributed by atoms with E-state index >= 15 is 0 Å². The SMILES string of the molecule is Cc1cc(NC(=O)CSCC(=O)Nc2cnc3ccccc3c2)no1. The minimum absolute atomic E-state index is 0.148. The van der Waals surface area contributed by atoms with Crippen LogP contribution in [0, 0.1) is 6.92 Å². The maximum absolute atomic E-state index is 12.0. The minimum Gasteiger partial charge on any atom is -0.360 e. The molecule has 128 valence electrons. The van der Waals surface area contributed by atoms with Crippen molar-refractivity contribution >= 4 is 46.0 Å². The number of aromatic nitrogens is 2. The van der Waals surface area contributed by atoms with E-state index in [9.17, 15) is 9.59 Å². The predicted octanol–water partition coefficient (Wildman–Crippen LogP) is 2.84. The van der Waals surface area contributed by atoms with Gasteiger partial charge in [0.2, 0.25) is 11.8 Å². The largest absolute Gasteiger partial charge is 0.360 e. The van der Waals surface area contributed by atoms with Gasteiger partial charge in [-0.2, -0.15) is 0 Å². The van der Waals surface area contributed by atoms with Gasteiger partial charge in [0.1, 0.15) is 5.76 Å². The normalized spacial score (nSPS) is 10.6. The first-order valence-corrected chi connectivity index (χ1v) is 8.71. The maximum Gasteiger partial charge on any atom is 0.235 e. The number of thioether (sulfide) groups is 1. The van der Waals surface area contributed by atoms with Gasteiger partial charge in [-0.05, 0) is 19.1 Å². The quantitative estimate of drug-likeness (QED) is 0.705. The van der Waals surface area contributed by atoms with E-state index in [0.29, 0.717) is 17.3 Å². The van der Waals surface area contributed by atoms with Crippen LogP contribution in [0.4, 0.5) is 11.5 Å². The van der Waals surface area contributed by atoms with E-state index in [1.165, 1.54) is 11.8 Å². The van der Waals surface area contributed by atoms with Crippen molar-refractivity contribution in [3.63, 3.8) is 0 Å². The fraction of sp³-hybridized carbons (Fsp3) is 0.176. The lowest BCUT2D eigenvalue weighted by atomic mass is 10.2. The van der Waals surface area contributed by atoms with Gasteiger partial charge < -0.3 is 15.2 Å². The van der Waals surface area contributed by atoms with Crippen molar-refractivity contribution in [1.29, 1.82) is 0 Å². The minimum atomic E-state index is -0.238. The smallest absolute Gasteiger partial charge is 0.235 e. The molecule has 0 saturated heterocycles. The van der Waals surface area contributed by atoms with Gasteiger partial charge in [-0.1, -0.05) is 23.4 Å². The van der Waals surface area contributed by atoms with E-state index in [2.05, 4.69) is 20.8 Å². The Kier molecular flexibility index (Phi) is 5.30. The summed E-state index contributed by atoms with van der Waals surface area (Å²) >= 11 is 1.22. The molecule has 8 heteroatoms. The highest BCUT2D eigenvalue weighted by molar-refractivity contribution is 8.00. The Morgan fingerprint density at radius 3 is 2.64 bits per heavy atom. The lowest BCUT2D eigenvalue weighted by molar-refractivity contribution is -0.114. The van der Waals surface area contributed by atoms with Crippen LogP contribution in [-0.2, 0) is 9.59 Å². The number of carbonyl (C=O) groups is 2. The number of pyridine rings is 1. The molecule has 7 nitrogen and oxygen atoms in total. The van der Waals surface area contributed by atoms with Crippen LogP contribution in [0.2, 0.25) is 0 Å². The van der Waals surface area contributed by atoms with E-state index in [4.69, 9.17) is 4.52 Å². The van der Waals surface area contributed by atoms with Crippen LogP contribution in [0.1, 0.15) is 5.76 Å². The summed E-state index contributed by atoms with van der Waals surface area (Å²) in [6.45, 7) is 1.74. The topological polar surface area (TPSA) is 97.1 Å². The van der Waals surface area contributed by atoms with Gasteiger partial charge in [-0.15, -0.1) is 11.8 Å². The monoisotopic (exact) mass is 356 g/mol. The number of nitrogens with one attached hydrogen (secondary N) is 2. The number of amides is 2. The van der Waals surface area contributed by atoms with Gasteiger partial charge in [0.25, 0.3) is 0 Å². The molecule has 0 atom stereocenters. The summed E-state index contributed by atoms with van der Waals surface area (Å²) < 4.78 is 4.86. The number of hydrogen-bond donors (Lipinski definition) is 2. The molecule has 2 aromatic heterocycles. The first-order chi connectivity index (χ1) is 12.1. The first-order valence-electron chi connectivity index (χ1n) is 7.56. The zero-order valence-corrected chi connectivity index (χ0v) is 14.3.